The Balaban J connectivity index is 1.88. The van der Waals surface area contributed by atoms with E-state index in [9.17, 15) is 22.7 Å². The summed E-state index contributed by atoms with van der Waals surface area (Å²) < 4.78 is 42.2. The number of nitrogens with zero attached hydrogens (tertiary/aromatic N) is 1. The first-order chi connectivity index (χ1) is 14.3. The minimum absolute atomic E-state index is 0.0592. The maximum atomic E-state index is 13.9. The Kier molecular flexibility index (Phi) is 4.91. The summed E-state index contributed by atoms with van der Waals surface area (Å²) in [6.45, 7) is 1.11. The molecule has 1 aromatic heterocycles. The SMILES string of the molecule is Cc1c(S(=O)(=O)c2ccc(-c3ccccc3)cc2)c2cc(F)ccc2n1CC(=O)O. The molecule has 0 unspecified atom stereocenters. The number of hydrogen-bond acceptors (Lipinski definition) is 3. The molecular weight excluding hydrogens is 405 g/mol. The van der Waals surface area contributed by atoms with Crippen molar-refractivity contribution in [3.05, 3.63) is 84.3 Å². The zero-order valence-corrected chi connectivity index (χ0v) is 16.9. The quantitative estimate of drug-likeness (QED) is 0.506. The first-order valence-electron chi connectivity index (χ1n) is 9.20. The van der Waals surface area contributed by atoms with E-state index in [2.05, 4.69) is 0 Å². The van der Waals surface area contributed by atoms with Crippen molar-refractivity contribution >= 4 is 26.7 Å². The standard InChI is InChI=1S/C23H18FNO4S/c1-15-23(20-13-18(24)9-12-21(20)25(15)14-22(26)27)30(28,29)19-10-7-17(8-11-19)16-5-3-2-4-6-16/h2-13H,14H2,1H3,(H,26,27). The highest BCUT2D eigenvalue weighted by Crippen LogP contribution is 2.35. The van der Waals surface area contributed by atoms with Crippen LogP contribution in [0, 0.1) is 12.7 Å². The van der Waals surface area contributed by atoms with Gasteiger partial charge in [0.25, 0.3) is 0 Å². The monoisotopic (exact) mass is 423 g/mol. The molecule has 4 aromatic rings. The molecule has 0 amide bonds. The molecule has 0 aliphatic heterocycles. The van der Waals surface area contributed by atoms with Gasteiger partial charge in [0.1, 0.15) is 17.3 Å². The number of fused-ring (bicyclic) bond motifs is 1. The number of rotatable bonds is 5. The van der Waals surface area contributed by atoms with Crippen LogP contribution in [-0.4, -0.2) is 24.1 Å². The van der Waals surface area contributed by atoms with Gasteiger partial charge in [-0.1, -0.05) is 42.5 Å². The zero-order valence-electron chi connectivity index (χ0n) is 16.0. The summed E-state index contributed by atoms with van der Waals surface area (Å²) in [6, 6.07) is 19.7. The largest absolute Gasteiger partial charge is 0.480 e. The van der Waals surface area contributed by atoms with E-state index in [4.69, 9.17) is 0 Å². The van der Waals surface area contributed by atoms with E-state index < -0.39 is 28.2 Å². The van der Waals surface area contributed by atoms with Gasteiger partial charge in [-0.15, -0.1) is 0 Å². The van der Waals surface area contributed by atoms with Crippen LogP contribution in [-0.2, 0) is 21.2 Å². The average molecular weight is 423 g/mol. The van der Waals surface area contributed by atoms with Crippen LogP contribution in [0.25, 0.3) is 22.0 Å². The van der Waals surface area contributed by atoms with Crippen molar-refractivity contribution in [3.8, 4) is 11.1 Å². The fourth-order valence-electron chi connectivity index (χ4n) is 3.68. The fraction of sp³-hybridized carbons (Fsp3) is 0.0870. The first-order valence-corrected chi connectivity index (χ1v) is 10.7. The Morgan fingerprint density at radius 2 is 1.60 bits per heavy atom. The van der Waals surface area contributed by atoms with Crippen molar-refractivity contribution < 1.29 is 22.7 Å². The third-order valence-electron chi connectivity index (χ3n) is 5.06. The lowest BCUT2D eigenvalue weighted by Gasteiger charge is -2.08. The normalized spacial score (nSPS) is 11.7. The fourth-order valence-corrected chi connectivity index (χ4v) is 5.36. The van der Waals surface area contributed by atoms with Crippen molar-refractivity contribution in [2.24, 2.45) is 0 Å². The summed E-state index contributed by atoms with van der Waals surface area (Å²) in [5, 5.41) is 9.40. The average Bonchev–Trinajstić information content (AvgIpc) is 2.99. The predicted octanol–water partition coefficient (Wildman–Crippen LogP) is 4.67. The molecule has 1 N–H and O–H groups in total. The van der Waals surface area contributed by atoms with Crippen molar-refractivity contribution in [2.45, 2.75) is 23.3 Å². The third kappa shape index (κ3) is 3.37. The molecular formula is C23H18FNO4S. The molecule has 1 heterocycles. The summed E-state index contributed by atoms with van der Waals surface area (Å²) in [4.78, 5) is 11.3. The molecule has 3 aromatic carbocycles. The van der Waals surface area contributed by atoms with E-state index in [0.717, 1.165) is 17.2 Å². The van der Waals surface area contributed by atoms with Gasteiger partial charge in [0.05, 0.1) is 10.4 Å². The molecule has 0 atom stereocenters. The number of aliphatic carboxylic acids is 1. The number of aromatic nitrogens is 1. The molecule has 5 nitrogen and oxygen atoms in total. The summed E-state index contributed by atoms with van der Waals surface area (Å²) >= 11 is 0. The van der Waals surface area contributed by atoms with Crippen LogP contribution in [0.2, 0.25) is 0 Å². The lowest BCUT2D eigenvalue weighted by atomic mass is 10.1. The van der Waals surface area contributed by atoms with Crippen LogP contribution >= 0.6 is 0 Å². The second-order valence-electron chi connectivity index (χ2n) is 6.95. The number of halogens is 1. The Morgan fingerprint density at radius 3 is 2.23 bits per heavy atom. The molecule has 30 heavy (non-hydrogen) atoms. The summed E-state index contributed by atoms with van der Waals surface area (Å²) in [5.41, 5.74) is 2.43. The van der Waals surface area contributed by atoms with Gasteiger partial charge in [-0.25, -0.2) is 12.8 Å². The van der Waals surface area contributed by atoms with E-state index in [-0.39, 0.29) is 20.9 Å². The molecule has 0 fully saturated rings. The zero-order chi connectivity index (χ0) is 21.5. The lowest BCUT2D eigenvalue weighted by molar-refractivity contribution is -0.137. The minimum atomic E-state index is -4.01. The number of sulfone groups is 1. The Hall–Kier alpha value is -3.45. The topological polar surface area (TPSA) is 76.4 Å². The van der Waals surface area contributed by atoms with Gasteiger partial charge in [-0.2, -0.15) is 0 Å². The predicted molar refractivity (Wildman–Crippen MR) is 112 cm³/mol. The molecule has 7 heteroatoms. The van der Waals surface area contributed by atoms with E-state index in [0.29, 0.717) is 5.52 Å². The smallest absolute Gasteiger partial charge is 0.323 e. The number of hydrogen-bond donors (Lipinski definition) is 1. The Morgan fingerprint density at radius 1 is 0.967 bits per heavy atom. The highest BCUT2D eigenvalue weighted by atomic mass is 32.2. The lowest BCUT2D eigenvalue weighted by Crippen LogP contribution is -2.11. The number of benzene rings is 3. The van der Waals surface area contributed by atoms with Crippen molar-refractivity contribution in [3.63, 3.8) is 0 Å². The minimum Gasteiger partial charge on any atom is -0.480 e. The molecule has 0 aliphatic carbocycles. The van der Waals surface area contributed by atoms with Crippen LogP contribution in [0.15, 0.2) is 82.6 Å². The Labute approximate surface area is 172 Å². The molecule has 0 aliphatic rings. The van der Waals surface area contributed by atoms with Crippen LogP contribution in [0.3, 0.4) is 0 Å². The Bertz CT molecular complexity index is 1360. The first kappa shape index (κ1) is 19.8. The van der Waals surface area contributed by atoms with E-state index in [1.54, 1.807) is 12.1 Å². The van der Waals surface area contributed by atoms with Crippen LogP contribution < -0.4 is 0 Å². The summed E-state index contributed by atoms with van der Waals surface area (Å²) in [7, 11) is -4.01. The van der Waals surface area contributed by atoms with Crippen LogP contribution in [0.4, 0.5) is 4.39 Å². The van der Waals surface area contributed by atoms with Crippen LogP contribution in [0.1, 0.15) is 5.69 Å². The maximum absolute atomic E-state index is 13.9. The van der Waals surface area contributed by atoms with Gasteiger partial charge >= 0.3 is 5.97 Å². The van der Waals surface area contributed by atoms with Gasteiger partial charge in [0.15, 0.2) is 0 Å². The van der Waals surface area contributed by atoms with Gasteiger partial charge in [-0.3, -0.25) is 4.79 Å². The molecule has 0 saturated carbocycles. The third-order valence-corrected chi connectivity index (χ3v) is 7.01. The van der Waals surface area contributed by atoms with Crippen molar-refractivity contribution in [1.29, 1.82) is 0 Å². The second kappa shape index (κ2) is 7.42. The maximum Gasteiger partial charge on any atom is 0.323 e. The number of carbonyl (C=O) groups is 1. The van der Waals surface area contributed by atoms with Gasteiger partial charge < -0.3 is 9.67 Å². The summed E-state index contributed by atoms with van der Waals surface area (Å²) in [5.74, 6) is -1.71. The summed E-state index contributed by atoms with van der Waals surface area (Å²) in [6.07, 6.45) is 0. The second-order valence-corrected chi connectivity index (χ2v) is 8.84. The molecule has 4 rings (SSSR count). The van der Waals surface area contributed by atoms with Gasteiger partial charge in [0, 0.05) is 11.1 Å². The molecule has 0 bridgehead atoms. The molecule has 152 valence electrons. The number of carboxylic acid groups (broad SMARTS) is 1. The highest BCUT2D eigenvalue weighted by molar-refractivity contribution is 7.91. The van der Waals surface area contributed by atoms with E-state index >= 15 is 0 Å². The molecule has 0 radical (unpaired) electrons. The van der Waals surface area contributed by atoms with Gasteiger partial charge in [-0.05, 0) is 48.4 Å². The van der Waals surface area contributed by atoms with E-state index in [1.165, 1.54) is 35.8 Å². The molecule has 0 spiro atoms. The molecule has 0 saturated heterocycles. The van der Waals surface area contributed by atoms with Crippen molar-refractivity contribution in [1.82, 2.24) is 4.57 Å². The van der Waals surface area contributed by atoms with E-state index in [1.807, 2.05) is 30.3 Å². The number of carboxylic acids is 1. The van der Waals surface area contributed by atoms with Crippen molar-refractivity contribution in [2.75, 3.05) is 0 Å². The van der Waals surface area contributed by atoms with Gasteiger partial charge in [0.2, 0.25) is 9.84 Å². The van der Waals surface area contributed by atoms with Crippen LogP contribution in [0.5, 0.6) is 0 Å². The highest BCUT2D eigenvalue weighted by Gasteiger charge is 2.28.